The second kappa shape index (κ2) is 11.7. The summed E-state index contributed by atoms with van der Waals surface area (Å²) in [5.41, 5.74) is 6.90. The Morgan fingerprint density at radius 3 is 2.48 bits per heavy atom. The van der Waals surface area contributed by atoms with Gasteiger partial charge in [0, 0.05) is 29.8 Å². The van der Waals surface area contributed by atoms with Gasteiger partial charge in [-0.3, -0.25) is 14.8 Å². The van der Waals surface area contributed by atoms with Crippen molar-refractivity contribution >= 4 is 33.4 Å². The van der Waals surface area contributed by atoms with E-state index in [-0.39, 0.29) is 19.1 Å². The number of ether oxygens (including phenoxy) is 1. The maximum Gasteiger partial charge on any atom is 0.250 e. The number of anilines is 1. The van der Waals surface area contributed by atoms with Crippen LogP contribution in [0.4, 0.5) is 5.69 Å². The molecular weight excluding hydrogens is 392 g/mol. The van der Waals surface area contributed by atoms with Gasteiger partial charge in [0.2, 0.25) is 5.91 Å². The largest absolute Gasteiger partial charge is 0.396 e. The van der Waals surface area contributed by atoms with Crippen LogP contribution in [-0.2, 0) is 9.53 Å². The third-order valence-corrected chi connectivity index (χ3v) is 4.79. The highest BCUT2D eigenvalue weighted by Gasteiger charge is 2.19. The Kier molecular flexibility index (Phi) is 9.30. The minimum absolute atomic E-state index is 0.0165. The molecule has 2 aromatic heterocycles. The molecule has 0 radical (unpaired) electrons. The Hall–Kier alpha value is -2.61. The van der Waals surface area contributed by atoms with Gasteiger partial charge in [0.25, 0.3) is 0 Å². The summed E-state index contributed by atoms with van der Waals surface area (Å²) >= 11 is 0. The Morgan fingerprint density at radius 1 is 1.19 bits per heavy atom. The number of nitrogens with zero attached hydrogens (tertiary/aromatic N) is 2. The number of nitrogens with one attached hydrogen (secondary N) is 1. The Balaban J connectivity index is 0.000000501. The molecule has 0 aliphatic rings. The summed E-state index contributed by atoms with van der Waals surface area (Å²) in [6.45, 7) is 8.80. The Bertz CT molecular complexity index is 989. The Labute approximate surface area is 184 Å². The number of carbonyl (C=O) groups excluding carboxylic acids is 1. The Morgan fingerprint density at radius 2 is 1.87 bits per heavy atom. The van der Waals surface area contributed by atoms with Crippen LogP contribution in [0.15, 0.2) is 42.7 Å². The maximum absolute atomic E-state index is 12.3. The summed E-state index contributed by atoms with van der Waals surface area (Å²) in [7, 11) is 0. The van der Waals surface area contributed by atoms with Gasteiger partial charge in [-0.15, -0.1) is 0 Å². The van der Waals surface area contributed by atoms with Crippen molar-refractivity contribution in [1.29, 1.82) is 0 Å². The lowest BCUT2D eigenvalue weighted by Crippen LogP contribution is -2.31. The summed E-state index contributed by atoms with van der Waals surface area (Å²) < 4.78 is 5.60. The van der Waals surface area contributed by atoms with Crippen molar-refractivity contribution in [2.75, 3.05) is 25.1 Å². The molecule has 7 nitrogen and oxygen atoms in total. The molecule has 0 saturated carbocycles. The number of hydrogen-bond donors (Lipinski definition) is 3. The van der Waals surface area contributed by atoms with Crippen molar-refractivity contribution < 1.29 is 14.6 Å². The molecule has 7 heteroatoms. The van der Waals surface area contributed by atoms with Crippen molar-refractivity contribution in [2.45, 2.75) is 46.1 Å². The number of nitrogens with two attached hydrogens (primary N) is 1. The van der Waals surface area contributed by atoms with Gasteiger partial charge in [0.15, 0.2) is 0 Å². The first kappa shape index (κ1) is 24.7. The van der Waals surface area contributed by atoms with Gasteiger partial charge >= 0.3 is 0 Å². The predicted octanol–water partition coefficient (Wildman–Crippen LogP) is 3.89. The number of carbonyl (C=O) groups is 1. The van der Waals surface area contributed by atoms with E-state index in [0.29, 0.717) is 12.1 Å². The van der Waals surface area contributed by atoms with E-state index >= 15 is 0 Å². The molecule has 0 spiro atoms. The highest BCUT2D eigenvalue weighted by Crippen LogP contribution is 2.29. The van der Waals surface area contributed by atoms with Gasteiger partial charge in [0.05, 0.1) is 22.3 Å². The predicted molar refractivity (Wildman–Crippen MR) is 126 cm³/mol. The van der Waals surface area contributed by atoms with Crippen molar-refractivity contribution in [3.05, 3.63) is 42.7 Å². The molecule has 0 fully saturated rings. The van der Waals surface area contributed by atoms with E-state index in [9.17, 15) is 4.79 Å². The van der Waals surface area contributed by atoms with E-state index in [4.69, 9.17) is 15.6 Å². The number of aliphatic hydroxyl groups excluding tert-OH is 1. The van der Waals surface area contributed by atoms with Crippen LogP contribution in [0, 0.1) is 5.92 Å². The molecule has 0 atom stereocenters. The van der Waals surface area contributed by atoms with E-state index < -0.39 is 5.60 Å². The summed E-state index contributed by atoms with van der Waals surface area (Å²) in [4.78, 5) is 21.1. The highest BCUT2D eigenvalue weighted by molar-refractivity contribution is 6.12. The van der Waals surface area contributed by atoms with Crippen LogP contribution in [0.5, 0.6) is 0 Å². The number of benzene rings is 1. The highest BCUT2D eigenvalue weighted by atomic mass is 16.5. The topological polar surface area (TPSA) is 110 Å². The fourth-order valence-corrected chi connectivity index (χ4v) is 3.00. The molecule has 0 bridgehead atoms. The number of hydrogen-bond acceptors (Lipinski definition) is 6. The third-order valence-electron chi connectivity index (χ3n) is 4.79. The fraction of sp³-hybridized carbons (Fsp3) is 0.458. The fourth-order valence-electron chi connectivity index (χ4n) is 3.00. The second-order valence-corrected chi connectivity index (χ2v) is 8.44. The summed E-state index contributed by atoms with van der Waals surface area (Å²) in [5, 5.41) is 13.7. The van der Waals surface area contributed by atoms with E-state index in [2.05, 4.69) is 29.1 Å². The molecule has 3 rings (SSSR count). The minimum Gasteiger partial charge on any atom is -0.396 e. The van der Waals surface area contributed by atoms with Crippen LogP contribution in [-0.4, -0.2) is 46.3 Å². The first-order valence-electron chi connectivity index (χ1n) is 10.6. The van der Waals surface area contributed by atoms with Gasteiger partial charge in [0.1, 0.15) is 6.61 Å². The molecule has 168 valence electrons. The van der Waals surface area contributed by atoms with Crippen molar-refractivity contribution in [2.24, 2.45) is 11.7 Å². The summed E-state index contributed by atoms with van der Waals surface area (Å²) in [6, 6.07) is 9.41. The molecule has 1 aromatic carbocycles. The van der Waals surface area contributed by atoms with Crippen LogP contribution < -0.4 is 11.1 Å². The number of rotatable bonds is 8. The zero-order valence-corrected chi connectivity index (χ0v) is 18.9. The van der Waals surface area contributed by atoms with Gasteiger partial charge in [-0.25, -0.2) is 0 Å². The number of aromatic nitrogens is 2. The zero-order valence-electron chi connectivity index (χ0n) is 18.9. The van der Waals surface area contributed by atoms with E-state index in [1.165, 1.54) is 0 Å². The summed E-state index contributed by atoms with van der Waals surface area (Å²) in [6.07, 6.45) is 5.06. The molecule has 0 unspecified atom stereocenters. The van der Waals surface area contributed by atoms with Crippen LogP contribution in [0.2, 0.25) is 0 Å². The molecule has 31 heavy (non-hydrogen) atoms. The lowest BCUT2D eigenvalue weighted by Gasteiger charge is -2.24. The van der Waals surface area contributed by atoms with Gasteiger partial charge in [-0.2, -0.15) is 0 Å². The first-order valence-corrected chi connectivity index (χ1v) is 10.6. The normalized spacial score (nSPS) is 11.5. The number of aliphatic hydroxyl groups is 1. The molecule has 3 aromatic rings. The van der Waals surface area contributed by atoms with Gasteiger partial charge in [-0.1, -0.05) is 19.9 Å². The van der Waals surface area contributed by atoms with Crippen molar-refractivity contribution in [3.63, 3.8) is 0 Å². The smallest absolute Gasteiger partial charge is 0.250 e. The lowest BCUT2D eigenvalue weighted by atomic mass is 10.1. The lowest BCUT2D eigenvalue weighted by molar-refractivity contribution is -0.127. The van der Waals surface area contributed by atoms with Gasteiger partial charge < -0.3 is 20.9 Å². The molecule has 2 heterocycles. The average molecular weight is 427 g/mol. The van der Waals surface area contributed by atoms with Crippen molar-refractivity contribution in [1.82, 2.24) is 9.97 Å². The zero-order chi connectivity index (χ0) is 22.9. The number of fused-ring (bicyclic) bond motifs is 3. The van der Waals surface area contributed by atoms with Crippen molar-refractivity contribution in [3.8, 4) is 0 Å². The summed E-state index contributed by atoms with van der Waals surface area (Å²) in [5.74, 6) is 0.523. The quantitative estimate of drug-likeness (QED) is 0.471. The molecule has 0 aliphatic heterocycles. The second-order valence-electron chi connectivity index (χ2n) is 8.44. The van der Waals surface area contributed by atoms with Gasteiger partial charge in [-0.05, 0) is 63.4 Å². The standard InChI is InChI=1S/C19H21N3O3.C5H13N/c1-19(2,7-10-23)25-12-16(24)22-15-11-13-5-3-8-20-17(13)18-14(15)6-4-9-21-18;1-5(2)3-4-6/h3-6,8-9,11,23H,7,10,12H2,1-2H3,(H,22,24);5H,3-4,6H2,1-2H3. The van der Waals surface area contributed by atoms with E-state index in [0.717, 1.165) is 40.7 Å². The minimum atomic E-state index is -0.553. The van der Waals surface area contributed by atoms with E-state index in [1.807, 2.05) is 44.2 Å². The first-order chi connectivity index (χ1) is 14.8. The maximum atomic E-state index is 12.3. The molecule has 0 saturated heterocycles. The number of amides is 1. The number of pyridine rings is 2. The molecule has 0 aliphatic carbocycles. The van der Waals surface area contributed by atoms with Crippen LogP contribution in [0.1, 0.15) is 40.5 Å². The van der Waals surface area contributed by atoms with Crippen LogP contribution in [0.25, 0.3) is 21.8 Å². The SMILES string of the molecule is CC(C)(CCO)OCC(=O)Nc1cc2cccnc2c2ncccc12.CC(C)CCN. The monoisotopic (exact) mass is 426 g/mol. The van der Waals surface area contributed by atoms with Crippen LogP contribution in [0.3, 0.4) is 0 Å². The third kappa shape index (κ3) is 7.54. The molecule has 1 amide bonds. The van der Waals surface area contributed by atoms with E-state index in [1.54, 1.807) is 12.4 Å². The van der Waals surface area contributed by atoms with Crippen LogP contribution >= 0.6 is 0 Å². The molecule has 4 N–H and O–H groups in total. The molecular formula is C24H34N4O3. The average Bonchev–Trinajstić information content (AvgIpc) is 2.73.